The predicted molar refractivity (Wildman–Crippen MR) is 71.8 cm³/mol. The Balaban J connectivity index is 2.75. The first-order chi connectivity index (χ1) is 8.29. The van der Waals surface area contributed by atoms with Gasteiger partial charge in [-0.25, -0.2) is 0 Å². The molecule has 1 aromatic heterocycles. The van der Waals surface area contributed by atoms with E-state index in [0.717, 1.165) is 28.0 Å². The second-order valence-corrected chi connectivity index (χ2v) is 3.86. The van der Waals surface area contributed by atoms with E-state index in [-0.39, 0.29) is 0 Å². The van der Waals surface area contributed by atoms with Crippen LogP contribution in [0.5, 0.6) is 0 Å². The van der Waals surface area contributed by atoms with Gasteiger partial charge in [-0.3, -0.25) is 0 Å². The van der Waals surface area contributed by atoms with Gasteiger partial charge in [-0.15, -0.1) is 0 Å². The molecule has 2 aromatic rings. The van der Waals surface area contributed by atoms with Gasteiger partial charge in [0.15, 0.2) is 0 Å². The number of nitrogens with one attached hydrogen (secondary N) is 1. The first-order valence-corrected chi connectivity index (χ1v) is 5.55. The quantitative estimate of drug-likeness (QED) is 0.783. The first kappa shape index (κ1) is 11.6. The Bertz CT molecular complexity index is 640. The second kappa shape index (κ2) is 4.97. The highest BCUT2D eigenvalue weighted by atomic mass is 16.5. The third kappa shape index (κ3) is 2.01. The van der Waals surface area contributed by atoms with E-state index in [9.17, 15) is 0 Å². The molecule has 0 radical (unpaired) electrons. The molecule has 0 amide bonds. The molecule has 0 aliphatic carbocycles. The summed E-state index contributed by atoms with van der Waals surface area (Å²) in [5.41, 5.74) is 1.14. The van der Waals surface area contributed by atoms with Crippen molar-refractivity contribution in [1.29, 1.82) is 5.41 Å². The molecule has 0 aliphatic rings. The van der Waals surface area contributed by atoms with Crippen molar-refractivity contribution in [3.05, 3.63) is 34.8 Å². The third-order valence-electron chi connectivity index (χ3n) is 2.89. The van der Waals surface area contributed by atoms with Crippen molar-refractivity contribution in [1.82, 2.24) is 4.57 Å². The number of nitrogens with zero attached hydrogens (tertiary/aromatic N) is 1. The molecule has 0 aliphatic heterocycles. The summed E-state index contributed by atoms with van der Waals surface area (Å²) in [4.78, 5) is 0. The molecule has 0 atom stereocenters. The van der Waals surface area contributed by atoms with Crippen LogP contribution in [0, 0.1) is 5.41 Å². The average molecular weight is 228 g/mol. The minimum atomic E-state index is 0.658. The van der Waals surface area contributed by atoms with Crippen LogP contribution in [0.2, 0.25) is 0 Å². The third-order valence-corrected chi connectivity index (χ3v) is 2.89. The van der Waals surface area contributed by atoms with Gasteiger partial charge in [-0.05, 0) is 12.1 Å². The number of benzene rings is 1. The lowest BCUT2D eigenvalue weighted by Crippen LogP contribution is -2.28. The van der Waals surface area contributed by atoms with Gasteiger partial charge in [0.25, 0.3) is 0 Å². The summed E-state index contributed by atoms with van der Waals surface area (Å²) in [5.74, 6) is 0. The summed E-state index contributed by atoms with van der Waals surface area (Å²) in [5, 5.41) is 10.3. The number of methoxy groups -OCH3 is 1. The highest BCUT2D eigenvalue weighted by molar-refractivity contribution is 5.93. The van der Waals surface area contributed by atoms with Crippen LogP contribution < -0.4 is 10.6 Å². The number of para-hydroxylation sites is 1. The summed E-state index contributed by atoms with van der Waals surface area (Å²) in [7, 11) is 1.69. The lowest BCUT2D eigenvalue weighted by molar-refractivity contribution is 0.187. The van der Waals surface area contributed by atoms with Crippen LogP contribution in [0.3, 0.4) is 0 Å². The van der Waals surface area contributed by atoms with Crippen molar-refractivity contribution in [2.45, 2.75) is 6.54 Å². The number of aromatic nitrogens is 1. The van der Waals surface area contributed by atoms with Crippen molar-refractivity contribution < 1.29 is 4.74 Å². The average Bonchev–Trinajstić information content (AvgIpc) is 2.61. The van der Waals surface area contributed by atoms with Crippen molar-refractivity contribution >= 4 is 29.8 Å². The smallest absolute Gasteiger partial charge is 0.0642 e. The first-order valence-electron chi connectivity index (χ1n) is 5.55. The van der Waals surface area contributed by atoms with E-state index in [4.69, 9.17) is 10.1 Å². The van der Waals surface area contributed by atoms with Crippen LogP contribution in [0.4, 0.5) is 0 Å². The fraction of sp³-hybridized carbons (Fsp3) is 0.214. The van der Waals surface area contributed by atoms with E-state index in [0.29, 0.717) is 6.61 Å². The number of hydrogen-bond donors (Lipinski definition) is 1. The Kier molecular flexibility index (Phi) is 3.40. The molecule has 0 spiro atoms. The van der Waals surface area contributed by atoms with Gasteiger partial charge in [-0.1, -0.05) is 24.8 Å². The van der Waals surface area contributed by atoms with Crippen LogP contribution in [0.15, 0.2) is 24.3 Å². The van der Waals surface area contributed by atoms with E-state index in [1.807, 2.05) is 12.1 Å². The van der Waals surface area contributed by atoms with Gasteiger partial charge in [0, 0.05) is 41.3 Å². The Morgan fingerprint density at radius 3 is 2.88 bits per heavy atom. The Labute approximate surface area is 100 Å². The molecule has 1 N–H and O–H groups in total. The minimum absolute atomic E-state index is 0.658. The van der Waals surface area contributed by atoms with Gasteiger partial charge < -0.3 is 14.7 Å². The zero-order chi connectivity index (χ0) is 12.3. The molecule has 1 aromatic carbocycles. The van der Waals surface area contributed by atoms with Crippen molar-refractivity contribution in [3.63, 3.8) is 0 Å². The number of ether oxygens (including phenoxy) is 1. The van der Waals surface area contributed by atoms with E-state index < -0.39 is 0 Å². The molecule has 0 unspecified atom stereocenters. The highest BCUT2D eigenvalue weighted by Crippen LogP contribution is 2.07. The fourth-order valence-electron chi connectivity index (χ4n) is 2.09. The topological polar surface area (TPSA) is 38.0 Å². The SMILES string of the molecule is C=c1/c(=C\C=N)c2ccccc2n1CCOC. The van der Waals surface area contributed by atoms with Crippen molar-refractivity contribution in [2.24, 2.45) is 0 Å². The molecule has 3 nitrogen and oxygen atoms in total. The molecule has 0 bridgehead atoms. The lowest BCUT2D eigenvalue weighted by Gasteiger charge is -2.04. The van der Waals surface area contributed by atoms with Crippen LogP contribution in [0.1, 0.15) is 0 Å². The normalized spacial score (nSPS) is 12.2. The molecular formula is C14H16N2O. The molecule has 1 heterocycles. The van der Waals surface area contributed by atoms with Crippen LogP contribution in [-0.4, -0.2) is 24.5 Å². The molecule has 88 valence electrons. The van der Waals surface area contributed by atoms with Gasteiger partial charge in [0.05, 0.1) is 6.61 Å². The van der Waals surface area contributed by atoms with E-state index in [2.05, 4.69) is 23.3 Å². The summed E-state index contributed by atoms with van der Waals surface area (Å²) in [6.07, 6.45) is 3.09. The standard InChI is InChI=1S/C14H16N2O/c1-11-12(7-8-15)13-5-3-4-6-14(13)16(11)9-10-17-2/h3-8,15H,1,9-10H2,2H3/b12-7+,15-8?. The molecule has 0 saturated carbocycles. The number of fused-ring (bicyclic) bond motifs is 1. The van der Waals surface area contributed by atoms with Crippen LogP contribution >= 0.6 is 0 Å². The van der Waals surface area contributed by atoms with E-state index in [1.54, 1.807) is 13.2 Å². The van der Waals surface area contributed by atoms with Gasteiger partial charge in [-0.2, -0.15) is 0 Å². The van der Waals surface area contributed by atoms with Crippen LogP contribution in [0.25, 0.3) is 23.6 Å². The minimum Gasteiger partial charge on any atom is -0.383 e. The van der Waals surface area contributed by atoms with E-state index in [1.165, 1.54) is 6.21 Å². The maximum absolute atomic E-state index is 7.22. The Morgan fingerprint density at radius 1 is 1.41 bits per heavy atom. The fourth-order valence-corrected chi connectivity index (χ4v) is 2.09. The van der Waals surface area contributed by atoms with Crippen molar-refractivity contribution in [3.8, 4) is 0 Å². The van der Waals surface area contributed by atoms with Gasteiger partial charge >= 0.3 is 0 Å². The highest BCUT2D eigenvalue weighted by Gasteiger charge is 2.04. The molecule has 0 saturated heterocycles. The lowest BCUT2D eigenvalue weighted by atomic mass is 10.2. The van der Waals surface area contributed by atoms with Gasteiger partial charge in [0.1, 0.15) is 0 Å². The summed E-state index contributed by atoms with van der Waals surface area (Å²) in [6, 6.07) is 8.15. The summed E-state index contributed by atoms with van der Waals surface area (Å²) < 4.78 is 7.25. The van der Waals surface area contributed by atoms with Crippen molar-refractivity contribution in [2.75, 3.05) is 13.7 Å². The monoisotopic (exact) mass is 228 g/mol. The van der Waals surface area contributed by atoms with Gasteiger partial charge in [0.2, 0.25) is 0 Å². The molecule has 2 rings (SSSR count). The Hall–Kier alpha value is -1.87. The largest absolute Gasteiger partial charge is 0.383 e. The second-order valence-electron chi connectivity index (χ2n) is 3.86. The Morgan fingerprint density at radius 2 is 2.18 bits per heavy atom. The molecule has 3 heteroatoms. The zero-order valence-corrected chi connectivity index (χ0v) is 9.94. The van der Waals surface area contributed by atoms with E-state index >= 15 is 0 Å². The maximum atomic E-state index is 7.22. The number of hydrogen-bond acceptors (Lipinski definition) is 2. The molecule has 0 fully saturated rings. The number of rotatable bonds is 4. The van der Waals surface area contributed by atoms with Crippen LogP contribution in [-0.2, 0) is 11.3 Å². The summed E-state index contributed by atoms with van der Waals surface area (Å²) >= 11 is 0. The molecule has 17 heavy (non-hydrogen) atoms. The zero-order valence-electron chi connectivity index (χ0n) is 9.94. The predicted octanol–water partition coefficient (Wildman–Crippen LogP) is 1.13. The maximum Gasteiger partial charge on any atom is 0.0642 e. The molecular weight excluding hydrogens is 212 g/mol. The summed E-state index contributed by atoms with van der Waals surface area (Å²) in [6.45, 7) is 5.54.